The standard InChI is InChI=1S/C16H22N6OS/c1-10-19-11-6-5-7-13(14(11)24-10)22(4)16(23)20-12-8-17-9-18-15(12)21(2)3/h8-9,13H,5-7H2,1-4H3,(H,20,23). The molecule has 0 saturated carbocycles. The van der Waals surface area contributed by atoms with Crippen LogP contribution in [0.1, 0.15) is 34.5 Å². The quantitative estimate of drug-likeness (QED) is 0.925. The zero-order valence-electron chi connectivity index (χ0n) is 14.4. The molecular weight excluding hydrogens is 324 g/mol. The Balaban J connectivity index is 1.79. The number of hydrogen-bond acceptors (Lipinski definition) is 6. The number of carbonyl (C=O) groups is 1. The average Bonchev–Trinajstić information content (AvgIpc) is 2.94. The first-order chi connectivity index (χ1) is 11.5. The lowest BCUT2D eigenvalue weighted by Gasteiger charge is -2.31. The van der Waals surface area contributed by atoms with Gasteiger partial charge in [0, 0.05) is 21.1 Å². The van der Waals surface area contributed by atoms with Crippen molar-refractivity contribution in [3.8, 4) is 0 Å². The van der Waals surface area contributed by atoms with E-state index >= 15 is 0 Å². The first-order valence-electron chi connectivity index (χ1n) is 7.94. The van der Waals surface area contributed by atoms with Gasteiger partial charge in [-0.15, -0.1) is 11.3 Å². The summed E-state index contributed by atoms with van der Waals surface area (Å²) in [6.07, 6.45) is 6.11. The van der Waals surface area contributed by atoms with Crippen molar-refractivity contribution in [1.29, 1.82) is 0 Å². The number of carbonyl (C=O) groups excluding carboxylic acids is 1. The van der Waals surface area contributed by atoms with Gasteiger partial charge >= 0.3 is 6.03 Å². The zero-order valence-corrected chi connectivity index (χ0v) is 15.2. The number of aryl methyl sites for hydroxylation is 2. The van der Waals surface area contributed by atoms with E-state index < -0.39 is 0 Å². The normalized spacial score (nSPS) is 16.4. The summed E-state index contributed by atoms with van der Waals surface area (Å²) in [6.45, 7) is 2.02. The Kier molecular flexibility index (Phi) is 4.66. The van der Waals surface area contributed by atoms with Gasteiger partial charge in [0.1, 0.15) is 12.0 Å². The third kappa shape index (κ3) is 3.19. The smallest absolute Gasteiger partial charge is 0.322 e. The van der Waals surface area contributed by atoms with E-state index in [1.807, 2.05) is 33.0 Å². The average molecular weight is 346 g/mol. The molecule has 2 heterocycles. The Hall–Kier alpha value is -2.22. The fourth-order valence-electron chi connectivity index (χ4n) is 3.00. The first-order valence-corrected chi connectivity index (χ1v) is 8.76. The zero-order chi connectivity index (χ0) is 17.3. The van der Waals surface area contributed by atoms with Crippen LogP contribution in [0.2, 0.25) is 0 Å². The van der Waals surface area contributed by atoms with Gasteiger partial charge in [0.15, 0.2) is 5.82 Å². The maximum atomic E-state index is 12.7. The van der Waals surface area contributed by atoms with E-state index in [-0.39, 0.29) is 12.1 Å². The molecule has 0 saturated heterocycles. The molecule has 0 fully saturated rings. The van der Waals surface area contributed by atoms with Crippen molar-refractivity contribution in [2.24, 2.45) is 0 Å². The van der Waals surface area contributed by atoms with Gasteiger partial charge in [-0.1, -0.05) is 0 Å². The van der Waals surface area contributed by atoms with Crippen LogP contribution in [0.15, 0.2) is 12.5 Å². The highest BCUT2D eigenvalue weighted by molar-refractivity contribution is 7.11. The van der Waals surface area contributed by atoms with Crippen LogP contribution < -0.4 is 10.2 Å². The number of amides is 2. The predicted octanol–water partition coefficient (Wildman–Crippen LogP) is 2.85. The molecule has 24 heavy (non-hydrogen) atoms. The summed E-state index contributed by atoms with van der Waals surface area (Å²) in [7, 11) is 5.60. The van der Waals surface area contributed by atoms with Gasteiger partial charge in [0.2, 0.25) is 0 Å². The second-order valence-electron chi connectivity index (χ2n) is 6.15. The predicted molar refractivity (Wildman–Crippen MR) is 95.7 cm³/mol. The molecule has 1 aliphatic rings. The fourth-order valence-corrected chi connectivity index (χ4v) is 4.15. The topological polar surface area (TPSA) is 74.2 Å². The lowest BCUT2D eigenvalue weighted by molar-refractivity contribution is 0.198. The number of urea groups is 1. The maximum absolute atomic E-state index is 12.7. The Morgan fingerprint density at radius 3 is 2.92 bits per heavy atom. The number of hydrogen-bond donors (Lipinski definition) is 1. The largest absolute Gasteiger partial charge is 0.361 e. The van der Waals surface area contributed by atoms with E-state index in [9.17, 15) is 4.79 Å². The van der Waals surface area contributed by atoms with Crippen molar-refractivity contribution < 1.29 is 4.79 Å². The molecule has 1 unspecified atom stereocenters. The number of thiazole rings is 1. The van der Waals surface area contributed by atoms with Crippen molar-refractivity contribution in [2.75, 3.05) is 31.4 Å². The van der Waals surface area contributed by atoms with Crippen LogP contribution >= 0.6 is 11.3 Å². The minimum Gasteiger partial charge on any atom is -0.361 e. The van der Waals surface area contributed by atoms with E-state index in [4.69, 9.17) is 0 Å². The van der Waals surface area contributed by atoms with Crippen LogP contribution in [0.3, 0.4) is 0 Å². The molecule has 7 nitrogen and oxygen atoms in total. The van der Waals surface area contributed by atoms with Crippen molar-refractivity contribution in [3.63, 3.8) is 0 Å². The highest BCUT2D eigenvalue weighted by Gasteiger charge is 2.30. The Bertz CT molecular complexity index is 744. The third-order valence-electron chi connectivity index (χ3n) is 4.17. The number of aromatic nitrogens is 3. The number of rotatable bonds is 3. The summed E-state index contributed by atoms with van der Waals surface area (Å²) in [5.74, 6) is 0.685. The molecular formula is C16H22N6OS. The highest BCUT2D eigenvalue weighted by Crippen LogP contribution is 2.37. The molecule has 1 atom stereocenters. The monoisotopic (exact) mass is 346 g/mol. The fraction of sp³-hybridized carbons (Fsp3) is 0.500. The number of nitrogens with one attached hydrogen (secondary N) is 1. The summed E-state index contributed by atoms with van der Waals surface area (Å²) in [4.78, 5) is 30.4. The van der Waals surface area contributed by atoms with Gasteiger partial charge in [-0.3, -0.25) is 0 Å². The van der Waals surface area contributed by atoms with Crippen LogP contribution in [0.25, 0.3) is 0 Å². The molecule has 128 valence electrons. The Morgan fingerprint density at radius 1 is 1.38 bits per heavy atom. The molecule has 2 aromatic rings. The molecule has 2 aromatic heterocycles. The summed E-state index contributed by atoms with van der Waals surface area (Å²) < 4.78 is 0. The molecule has 2 amide bonds. The van der Waals surface area contributed by atoms with Crippen molar-refractivity contribution in [2.45, 2.75) is 32.2 Å². The lowest BCUT2D eigenvalue weighted by Crippen LogP contribution is -2.36. The van der Waals surface area contributed by atoms with E-state index in [1.54, 1.807) is 22.4 Å². The number of fused-ring (bicyclic) bond motifs is 1. The molecule has 0 aromatic carbocycles. The minimum absolute atomic E-state index is 0.0763. The molecule has 1 aliphatic carbocycles. The van der Waals surface area contributed by atoms with Crippen molar-refractivity contribution >= 4 is 28.9 Å². The third-order valence-corrected chi connectivity index (χ3v) is 5.29. The van der Waals surface area contributed by atoms with Crippen LogP contribution in [0.5, 0.6) is 0 Å². The van der Waals surface area contributed by atoms with Gasteiger partial charge in [-0.25, -0.2) is 19.7 Å². The van der Waals surface area contributed by atoms with Crippen molar-refractivity contribution in [1.82, 2.24) is 19.9 Å². The summed E-state index contributed by atoms with van der Waals surface area (Å²) in [5, 5.41) is 3.99. The SMILES string of the molecule is Cc1nc2c(s1)C(N(C)C(=O)Nc1cncnc1N(C)C)CCC2. The Morgan fingerprint density at radius 2 is 2.17 bits per heavy atom. The molecule has 1 N–H and O–H groups in total. The summed E-state index contributed by atoms with van der Waals surface area (Å²) in [5.41, 5.74) is 1.75. The van der Waals surface area contributed by atoms with Crippen LogP contribution in [-0.4, -0.2) is 47.0 Å². The second-order valence-corrected chi connectivity index (χ2v) is 7.38. The van der Waals surface area contributed by atoms with Gasteiger partial charge in [0.25, 0.3) is 0 Å². The van der Waals surface area contributed by atoms with Crippen LogP contribution in [0, 0.1) is 6.92 Å². The van der Waals surface area contributed by atoms with Gasteiger partial charge in [-0.05, 0) is 26.2 Å². The molecule has 8 heteroatoms. The van der Waals surface area contributed by atoms with Gasteiger partial charge < -0.3 is 15.1 Å². The van der Waals surface area contributed by atoms with Crippen LogP contribution in [0.4, 0.5) is 16.3 Å². The first kappa shape index (κ1) is 16.6. The number of anilines is 2. The lowest BCUT2D eigenvalue weighted by atomic mass is 9.97. The summed E-state index contributed by atoms with van der Waals surface area (Å²) >= 11 is 1.69. The molecule has 3 rings (SSSR count). The van der Waals surface area contributed by atoms with Crippen LogP contribution in [-0.2, 0) is 6.42 Å². The molecule has 0 aliphatic heterocycles. The Labute approximate surface area is 145 Å². The molecule has 0 spiro atoms. The highest BCUT2D eigenvalue weighted by atomic mass is 32.1. The molecule has 0 bridgehead atoms. The van der Waals surface area contributed by atoms with Crippen molar-refractivity contribution in [3.05, 3.63) is 28.1 Å². The van der Waals surface area contributed by atoms with E-state index in [2.05, 4.69) is 20.3 Å². The van der Waals surface area contributed by atoms with E-state index in [1.165, 1.54) is 11.2 Å². The minimum atomic E-state index is -0.156. The van der Waals surface area contributed by atoms with E-state index in [0.717, 1.165) is 30.0 Å². The summed E-state index contributed by atoms with van der Waals surface area (Å²) in [6, 6.07) is -0.0795. The van der Waals surface area contributed by atoms with E-state index in [0.29, 0.717) is 11.5 Å². The molecule has 0 radical (unpaired) electrons. The maximum Gasteiger partial charge on any atom is 0.322 e. The number of nitrogens with zero attached hydrogens (tertiary/aromatic N) is 5. The van der Waals surface area contributed by atoms with Gasteiger partial charge in [0.05, 0.1) is 27.8 Å². The van der Waals surface area contributed by atoms with Gasteiger partial charge in [-0.2, -0.15) is 0 Å². The second kappa shape index (κ2) is 6.72.